The Hall–Kier alpha value is -2.13. The summed E-state index contributed by atoms with van der Waals surface area (Å²) >= 11 is 0. The summed E-state index contributed by atoms with van der Waals surface area (Å²) in [6.45, 7) is -2.97. The minimum absolute atomic E-state index is 0.0184. The summed E-state index contributed by atoms with van der Waals surface area (Å²) < 4.78 is 28.8. The summed E-state index contributed by atoms with van der Waals surface area (Å²) in [4.78, 5) is 12.1. The average molecular weight is 269 g/mol. The second-order valence-electron chi connectivity index (χ2n) is 3.73. The molecular formula is C13H13F2NO3. The lowest BCUT2D eigenvalue weighted by Gasteiger charge is -2.19. The number of carboxylic acids is 1. The van der Waals surface area contributed by atoms with Crippen LogP contribution in [0.4, 0.5) is 8.78 Å². The van der Waals surface area contributed by atoms with Gasteiger partial charge >= 0.3 is 12.6 Å². The van der Waals surface area contributed by atoms with Crippen LogP contribution in [0, 0.1) is 12.3 Å². The van der Waals surface area contributed by atoms with Gasteiger partial charge in [-0.15, -0.1) is 6.42 Å². The molecule has 1 rings (SSSR count). The molecule has 0 aliphatic carbocycles. The number of para-hydroxylation sites is 1. The number of carbonyl (C=O) groups is 1. The minimum atomic E-state index is -2.93. The molecule has 0 radical (unpaired) electrons. The van der Waals surface area contributed by atoms with E-state index < -0.39 is 12.6 Å². The van der Waals surface area contributed by atoms with Crippen LogP contribution >= 0.6 is 0 Å². The van der Waals surface area contributed by atoms with Gasteiger partial charge in [0.1, 0.15) is 5.75 Å². The molecule has 0 aliphatic heterocycles. The number of alkyl halides is 2. The lowest BCUT2D eigenvalue weighted by Crippen LogP contribution is -2.30. The monoisotopic (exact) mass is 269 g/mol. The largest absolute Gasteiger partial charge is 0.480 e. The Kier molecular flexibility index (Phi) is 5.76. The normalized spacial score (nSPS) is 10.5. The number of ether oxygens (including phenoxy) is 1. The number of terminal acetylenes is 1. The molecule has 0 amide bonds. The summed E-state index contributed by atoms with van der Waals surface area (Å²) in [5.41, 5.74) is 0.458. The molecule has 0 unspecified atom stereocenters. The lowest BCUT2D eigenvalue weighted by molar-refractivity contribution is -0.138. The van der Waals surface area contributed by atoms with Crippen molar-refractivity contribution in [1.29, 1.82) is 0 Å². The van der Waals surface area contributed by atoms with Crippen LogP contribution in [0.1, 0.15) is 5.56 Å². The van der Waals surface area contributed by atoms with Gasteiger partial charge in [-0.25, -0.2) is 0 Å². The second kappa shape index (κ2) is 7.34. The highest BCUT2D eigenvalue weighted by molar-refractivity contribution is 5.69. The van der Waals surface area contributed by atoms with Crippen LogP contribution in [-0.2, 0) is 11.3 Å². The molecule has 0 spiro atoms. The Morgan fingerprint density at radius 2 is 2.16 bits per heavy atom. The Morgan fingerprint density at radius 1 is 1.47 bits per heavy atom. The maximum absolute atomic E-state index is 12.2. The van der Waals surface area contributed by atoms with E-state index in [9.17, 15) is 13.6 Å². The molecule has 4 nitrogen and oxygen atoms in total. The fraction of sp³-hybridized carbons (Fsp3) is 0.308. The minimum Gasteiger partial charge on any atom is -0.480 e. The van der Waals surface area contributed by atoms with Gasteiger partial charge in [-0.2, -0.15) is 8.78 Å². The van der Waals surface area contributed by atoms with Crippen LogP contribution in [0.2, 0.25) is 0 Å². The van der Waals surface area contributed by atoms with Crippen LogP contribution < -0.4 is 4.74 Å². The fourth-order valence-corrected chi connectivity index (χ4v) is 1.57. The van der Waals surface area contributed by atoms with Gasteiger partial charge in [-0.3, -0.25) is 9.69 Å². The molecule has 102 valence electrons. The van der Waals surface area contributed by atoms with Crippen molar-refractivity contribution in [2.75, 3.05) is 13.1 Å². The third-order valence-corrected chi connectivity index (χ3v) is 2.26. The molecule has 0 heterocycles. The molecule has 6 heteroatoms. The SMILES string of the molecule is C#CCN(CC(=O)O)Cc1ccccc1OC(F)F. The van der Waals surface area contributed by atoms with Gasteiger partial charge in [0.15, 0.2) is 0 Å². The first-order valence-electron chi connectivity index (χ1n) is 5.43. The van der Waals surface area contributed by atoms with E-state index in [2.05, 4.69) is 10.7 Å². The first-order valence-corrected chi connectivity index (χ1v) is 5.43. The Bertz CT molecular complexity index is 471. The highest BCUT2D eigenvalue weighted by atomic mass is 19.3. The predicted octanol–water partition coefficient (Wildman–Crippen LogP) is 1.81. The molecule has 0 fully saturated rings. The third kappa shape index (κ3) is 5.36. The van der Waals surface area contributed by atoms with E-state index in [0.29, 0.717) is 5.56 Å². The van der Waals surface area contributed by atoms with E-state index in [1.165, 1.54) is 11.0 Å². The van der Waals surface area contributed by atoms with Gasteiger partial charge < -0.3 is 9.84 Å². The molecule has 0 aromatic heterocycles. The maximum atomic E-state index is 12.2. The zero-order chi connectivity index (χ0) is 14.3. The highest BCUT2D eigenvalue weighted by Gasteiger charge is 2.14. The van der Waals surface area contributed by atoms with Crippen LogP contribution in [-0.4, -0.2) is 35.7 Å². The van der Waals surface area contributed by atoms with E-state index in [1.807, 2.05) is 0 Å². The fourth-order valence-electron chi connectivity index (χ4n) is 1.57. The average Bonchev–Trinajstić information content (AvgIpc) is 2.30. The first-order chi connectivity index (χ1) is 9.02. The van der Waals surface area contributed by atoms with Gasteiger partial charge in [0.2, 0.25) is 0 Å². The van der Waals surface area contributed by atoms with E-state index in [1.54, 1.807) is 18.2 Å². The molecule has 0 bridgehead atoms. The number of carboxylic acid groups (broad SMARTS) is 1. The predicted molar refractivity (Wildman–Crippen MR) is 64.8 cm³/mol. The molecule has 0 saturated carbocycles. The molecule has 0 atom stereocenters. The van der Waals surface area contributed by atoms with Gasteiger partial charge in [0.25, 0.3) is 0 Å². The van der Waals surface area contributed by atoms with E-state index in [0.717, 1.165) is 0 Å². The van der Waals surface area contributed by atoms with Crippen molar-refractivity contribution in [3.8, 4) is 18.1 Å². The number of halogens is 2. The van der Waals surface area contributed by atoms with Crippen molar-refractivity contribution >= 4 is 5.97 Å². The topological polar surface area (TPSA) is 49.8 Å². The van der Waals surface area contributed by atoms with Crippen molar-refractivity contribution < 1.29 is 23.4 Å². The van der Waals surface area contributed by atoms with Gasteiger partial charge in [-0.05, 0) is 6.07 Å². The maximum Gasteiger partial charge on any atom is 0.387 e. The molecule has 1 aromatic rings. The molecule has 0 aliphatic rings. The van der Waals surface area contributed by atoms with E-state index >= 15 is 0 Å². The number of rotatable bonds is 7. The molecule has 0 saturated heterocycles. The van der Waals surface area contributed by atoms with Crippen molar-refractivity contribution in [3.63, 3.8) is 0 Å². The zero-order valence-corrected chi connectivity index (χ0v) is 10.1. The van der Waals surface area contributed by atoms with E-state index in [4.69, 9.17) is 11.5 Å². The Morgan fingerprint density at radius 3 is 2.74 bits per heavy atom. The summed E-state index contributed by atoms with van der Waals surface area (Å²) in [7, 11) is 0. The standard InChI is InChI=1S/C13H13F2NO3/c1-2-7-16(9-12(17)18)8-10-5-3-4-6-11(10)19-13(14)15/h1,3-6,13H,7-9H2,(H,17,18). The van der Waals surface area contributed by atoms with Crippen molar-refractivity contribution in [2.45, 2.75) is 13.2 Å². The van der Waals surface area contributed by atoms with Crippen LogP contribution in [0.5, 0.6) is 5.75 Å². The van der Waals surface area contributed by atoms with Gasteiger partial charge in [-0.1, -0.05) is 24.1 Å². The lowest BCUT2D eigenvalue weighted by atomic mass is 10.2. The second-order valence-corrected chi connectivity index (χ2v) is 3.73. The Balaban J connectivity index is 2.83. The van der Waals surface area contributed by atoms with Crippen molar-refractivity contribution in [2.24, 2.45) is 0 Å². The summed E-state index contributed by atoms with van der Waals surface area (Å²) in [6.07, 6.45) is 5.14. The van der Waals surface area contributed by atoms with Crippen molar-refractivity contribution in [3.05, 3.63) is 29.8 Å². The van der Waals surface area contributed by atoms with E-state index in [-0.39, 0.29) is 25.4 Å². The summed E-state index contributed by atoms with van der Waals surface area (Å²) in [5.74, 6) is 1.31. The molecule has 19 heavy (non-hydrogen) atoms. The first kappa shape index (κ1) is 14.9. The number of hydrogen-bond acceptors (Lipinski definition) is 3. The summed E-state index contributed by atoms with van der Waals surface area (Å²) in [5, 5.41) is 8.74. The van der Waals surface area contributed by atoms with Crippen LogP contribution in [0.3, 0.4) is 0 Å². The smallest absolute Gasteiger partial charge is 0.387 e. The zero-order valence-electron chi connectivity index (χ0n) is 10.1. The van der Waals surface area contributed by atoms with Gasteiger partial charge in [0, 0.05) is 12.1 Å². The van der Waals surface area contributed by atoms with Crippen molar-refractivity contribution in [1.82, 2.24) is 4.90 Å². The summed E-state index contributed by atoms with van der Waals surface area (Å²) in [6, 6.07) is 6.20. The van der Waals surface area contributed by atoms with Crippen LogP contribution in [0.15, 0.2) is 24.3 Å². The third-order valence-electron chi connectivity index (χ3n) is 2.26. The molecular weight excluding hydrogens is 256 g/mol. The quantitative estimate of drug-likeness (QED) is 0.767. The number of benzene rings is 1. The number of hydrogen-bond donors (Lipinski definition) is 1. The number of aliphatic carboxylic acids is 1. The Labute approximate surface area is 109 Å². The molecule has 1 N–H and O–H groups in total. The number of nitrogens with zero attached hydrogens (tertiary/aromatic N) is 1. The van der Waals surface area contributed by atoms with Gasteiger partial charge in [0.05, 0.1) is 13.1 Å². The molecule has 1 aromatic carbocycles. The highest BCUT2D eigenvalue weighted by Crippen LogP contribution is 2.21. The van der Waals surface area contributed by atoms with Crippen LogP contribution in [0.25, 0.3) is 0 Å².